The van der Waals surface area contributed by atoms with Crippen LogP contribution in [0.2, 0.25) is 0 Å². The molecular weight excluding hydrogens is 431 g/mol. The zero-order chi connectivity index (χ0) is 21.6. The van der Waals surface area contributed by atoms with Gasteiger partial charge < -0.3 is 10.2 Å². The van der Waals surface area contributed by atoms with Crippen molar-refractivity contribution in [1.29, 1.82) is 0 Å². The van der Waals surface area contributed by atoms with Crippen molar-refractivity contribution in [2.24, 2.45) is 0 Å². The molecule has 162 valence electrons. The third-order valence-electron chi connectivity index (χ3n) is 5.58. The Morgan fingerprint density at radius 2 is 1.71 bits per heavy atom. The molecule has 7 heteroatoms. The van der Waals surface area contributed by atoms with Gasteiger partial charge in [-0.25, -0.2) is 4.39 Å². The van der Waals surface area contributed by atoms with Gasteiger partial charge in [0.1, 0.15) is 11.9 Å². The van der Waals surface area contributed by atoms with Gasteiger partial charge in [-0.15, -0.1) is 22.7 Å². The Hall–Kier alpha value is -2.51. The van der Waals surface area contributed by atoms with Crippen LogP contribution >= 0.6 is 22.7 Å². The SMILES string of the molecule is O=C(NC1CCCCC1)C(c1cccs1)N(Cc1ccc(F)cc1)C(=O)c1cccs1. The minimum absolute atomic E-state index is 0.147. The Morgan fingerprint density at radius 1 is 1.00 bits per heavy atom. The fraction of sp³-hybridized carbons (Fsp3) is 0.333. The van der Waals surface area contributed by atoms with Crippen LogP contribution in [-0.2, 0) is 11.3 Å². The maximum absolute atomic E-state index is 13.5. The summed E-state index contributed by atoms with van der Waals surface area (Å²) in [7, 11) is 0. The van der Waals surface area contributed by atoms with Crippen LogP contribution in [0.15, 0.2) is 59.3 Å². The first-order valence-electron chi connectivity index (χ1n) is 10.5. The third kappa shape index (κ3) is 5.40. The van der Waals surface area contributed by atoms with Crippen LogP contribution in [0.25, 0.3) is 0 Å². The van der Waals surface area contributed by atoms with Gasteiger partial charge in [0, 0.05) is 17.5 Å². The van der Waals surface area contributed by atoms with Gasteiger partial charge in [0.05, 0.1) is 4.88 Å². The van der Waals surface area contributed by atoms with Crippen LogP contribution in [0.5, 0.6) is 0 Å². The van der Waals surface area contributed by atoms with Crippen LogP contribution in [0.3, 0.4) is 0 Å². The minimum atomic E-state index is -0.735. The first-order valence-corrected chi connectivity index (χ1v) is 12.3. The van der Waals surface area contributed by atoms with Crippen LogP contribution in [-0.4, -0.2) is 22.8 Å². The van der Waals surface area contributed by atoms with Crippen LogP contribution in [0.1, 0.15) is 58.3 Å². The molecule has 2 amide bonds. The van der Waals surface area contributed by atoms with Crippen molar-refractivity contribution in [1.82, 2.24) is 10.2 Å². The topological polar surface area (TPSA) is 49.4 Å². The van der Waals surface area contributed by atoms with Gasteiger partial charge >= 0.3 is 0 Å². The molecule has 1 aromatic carbocycles. The summed E-state index contributed by atoms with van der Waals surface area (Å²) >= 11 is 2.82. The highest BCUT2D eigenvalue weighted by molar-refractivity contribution is 7.12. The Labute approximate surface area is 189 Å². The number of nitrogens with one attached hydrogen (secondary N) is 1. The van der Waals surface area contributed by atoms with Crippen molar-refractivity contribution < 1.29 is 14.0 Å². The highest BCUT2D eigenvalue weighted by Crippen LogP contribution is 2.30. The number of hydrogen-bond donors (Lipinski definition) is 1. The maximum atomic E-state index is 13.5. The zero-order valence-corrected chi connectivity index (χ0v) is 18.8. The van der Waals surface area contributed by atoms with Crippen molar-refractivity contribution in [3.8, 4) is 0 Å². The summed E-state index contributed by atoms with van der Waals surface area (Å²) in [6.07, 6.45) is 5.37. The average Bonchev–Trinajstić information content (AvgIpc) is 3.50. The van der Waals surface area contributed by atoms with E-state index in [0.717, 1.165) is 36.1 Å². The summed E-state index contributed by atoms with van der Waals surface area (Å²) in [5, 5.41) is 6.97. The Balaban J connectivity index is 1.67. The average molecular weight is 457 g/mol. The normalized spacial score (nSPS) is 15.4. The van der Waals surface area contributed by atoms with E-state index < -0.39 is 6.04 Å². The van der Waals surface area contributed by atoms with Crippen molar-refractivity contribution in [2.45, 2.75) is 50.7 Å². The Bertz CT molecular complexity index is 981. The standard InChI is InChI=1S/C24H25FN2O2S2/c25-18-12-10-17(11-13-18)16-27(24(29)21-9-5-15-31-21)22(20-8-4-14-30-20)23(28)26-19-6-2-1-3-7-19/h4-5,8-15,19,22H,1-3,6-7,16H2,(H,26,28). The molecule has 31 heavy (non-hydrogen) atoms. The number of thiophene rings is 2. The number of halogens is 1. The van der Waals surface area contributed by atoms with Crippen molar-refractivity contribution in [2.75, 3.05) is 0 Å². The Morgan fingerprint density at radius 3 is 2.35 bits per heavy atom. The van der Waals surface area contributed by atoms with Crippen LogP contribution in [0.4, 0.5) is 4.39 Å². The lowest BCUT2D eigenvalue weighted by Crippen LogP contribution is -2.46. The van der Waals surface area contributed by atoms with E-state index in [-0.39, 0.29) is 30.2 Å². The lowest BCUT2D eigenvalue weighted by Gasteiger charge is -2.32. The second-order valence-electron chi connectivity index (χ2n) is 7.80. The van der Waals surface area contributed by atoms with Crippen molar-refractivity contribution in [3.05, 3.63) is 80.4 Å². The van der Waals surface area contributed by atoms with E-state index in [2.05, 4.69) is 5.32 Å². The zero-order valence-electron chi connectivity index (χ0n) is 17.1. The van der Waals surface area contributed by atoms with Gasteiger partial charge in [0.25, 0.3) is 5.91 Å². The molecule has 1 atom stereocenters. The molecule has 0 bridgehead atoms. The summed E-state index contributed by atoms with van der Waals surface area (Å²) in [6, 6.07) is 12.9. The third-order valence-corrected chi connectivity index (χ3v) is 7.37. The first kappa shape index (κ1) is 21.7. The molecule has 4 rings (SSSR count). The van der Waals surface area contributed by atoms with Crippen molar-refractivity contribution >= 4 is 34.5 Å². The molecule has 1 aliphatic rings. The first-order chi connectivity index (χ1) is 15.1. The van der Waals surface area contributed by atoms with Gasteiger partial charge in [-0.3, -0.25) is 9.59 Å². The molecule has 1 unspecified atom stereocenters. The number of rotatable bonds is 7. The van der Waals surface area contributed by atoms with E-state index in [1.54, 1.807) is 23.1 Å². The van der Waals surface area contributed by atoms with E-state index >= 15 is 0 Å². The summed E-state index contributed by atoms with van der Waals surface area (Å²) in [4.78, 5) is 30.0. The fourth-order valence-electron chi connectivity index (χ4n) is 4.01. The summed E-state index contributed by atoms with van der Waals surface area (Å²) in [6.45, 7) is 0.220. The predicted octanol–water partition coefficient (Wildman–Crippen LogP) is 5.78. The predicted molar refractivity (Wildman–Crippen MR) is 123 cm³/mol. The molecule has 3 aromatic rings. The molecule has 1 fully saturated rings. The molecule has 2 heterocycles. The van der Waals surface area contributed by atoms with Gasteiger partial charge in [-0.1, -0.05) is 43.5 Å². The maximum Gasteiger partial charge on any atom is 0.265 e. The van der Waals surface area contributed by atoms with Gasteiger partial charge in [-0.2, -0.15) is 0 Å². The molecule has 1 saturated carbocycles. The molecule has 2 aromatic heterocycles. The highest BCUT2D eigenvalue weighted by atomic mass is 32.1. The molecule has 4 nitrogen and oxygen atoms in total. The molecule has 0 spiro atoms. The minimum Gasteiger partial charge on any atom is -0.351 e. The van der Waals surface area contributed by atoms with Crippen molar-refractivity contribution in [3.63, 3.8) is 0 Å². The van der Waals surface area contributed by atoms with E-state index in [1.807, 2.05) is 29.0 Å². The van der Waals surface area contributed by atoms with Gasteiger partial charge in [-0.05, 0) is 53.4 Å². The molecule has 0 radical (unpaired) electrons. The van der Waals surface area contributed by atoms with Crippen LogP contribution in [0, 0.1) is 5.82 Å². The molecule has 1 N–H and O–H groups in total. The summed E-state index contributed by atoms with van der Waals surface area (Å²) < 4.78 is 13.4. The number of carbonyl (C=O) groups excluding carboxylic acids is 2. The number of nitrogens with zero attached hydrogens (tertiary/aromatic N) is 1. The van der Waals surface area contributed by atoms with Gasteiger partial charge in [0.2, 0.25) is 5.91 Å². The van der Waals surface area contributed by atoms with Gasteiger partial charge in [0.15, 0.2) is 0 Å². The molecular formula is C24H25FN2O2S2. The largest absolute Gasteiger partial charge is 0.351 e. The molecule has 0 saturated heterocycles. The fourth-order valence-corrected chi connectivity index (χ4v) is 5.52. The number of hydrogen-bond acceptors (Lipinski definition) is 4. The van der Waals surface area contributed by atoms with E-state index in [9.17, 15) is 14.0 Å². The lowest BCUT2D eigenvalue weighted by atomic mass is 9.95. The second-order valence-corrected chi connectivity index (χ2v) is 9.73. The summed E-state index contributed by atoms with van der Waals surface area (Å²) in [5.41, 5.74) is 0.776. The van der Waals surface area contributed by atoms with E-state index in [4.69, 9.17) is 0 Å². The number of carbonyl (C=O) groups is 2. The summed E-state index contributed by atoms with van der Waals surface area (Å²) in [5.74, 6) is -0.678. The quantitative estimate of drug-likeness (QED) is 0.490. The smallest absolute Gasteiger partial charge is 0.265 e. The number of amides is 2. The lowest BCUT2D eigenvalue weighted by molar-refractivity contribution is -0.127. The highest BCUT2D eigenvalue weighted by Gasteiger charge is 2.34. The second kappa shape index (κ2) is 10.2. The van der Waals surface area contributed by atoms with E-state index in [0.29, 0.717) is 4.88 Å². The molecule has 0 aliphatic heterocycles. The monoisotopic (exact) mass is 456 g/mol. The number of benzene rings is 1. The van der Waals surface area contributed by atoms with E-state index in [1.165, 1.54) is 41.2 Å². The molecule has 1 aliphatic carbocycles. The Kier molecular flexibility index (Phi) is 7.14. The van der Waals surface area contributed by atoms with Crippen LogP contribution < -0.4 is 5.32 Å².